The molecule has 0 aliphatic rings. The summed E-state index contributed by atoms with van der Waals surface area (Å²) in [5.74, 6) is -0.159. The van der Waals surface area contributed by atoms with Crippen molar-refractivity contribution in [3.05, 3.63) is 53.7 Å². The molecule has 7 nitrogen and oxygen atoms in total. The quantitative estimate of drug-likeness (QED) is 0.665. The van der Waals surface area contributed by atoms with Gasteiger partial charge in [0.1, 0.15) is 17.3 Å². The number of rotatable bonds is 9. The first-order valence-corrected chi connectivity index (χ1v) is 9.86. The molecule has 26 heavy (non-hydrogen) atoms. The molecule has 0 saturated heterocycles. The third-order valence-electron chi connectivity index (χ3n) is 3.57. The largest absolute Gasteiger partial charge is 0.493 e. The maximum atomic E-state index is 11.9. The van der Waals surface area contributed by atoms with Crippen molar-refractivity contribution < 1.29 is 22.7 Å². The molecule has 0 spiro atoms. The molecule has 0 aliphatic carbocycles. The molecule has 0 aliphatic heterocycles. The number of methoxy groups -OCH3 is 1. The minimum atomic E-state index is -3.55. The van der Waals surface area contributed by atoms with Crippen LogP contribution in [0.2, 0.25) is 0 Å². The van der Waals surface area contributed by atoms with Crippen molar-refractivity contribution in [3.8, 4) is 5.75 Å². The molecule has 140 valence electrons. The topological polar surface area (TPSA) is 94.6 Å². The summed E-state index contributed by atoms with van der Waals surface area (Å²) in [5, 5.41) is 2.99. The van der Waals surface area contributed by atoms with Crippen LogP contribution in [0.15, 0.2) is 42.5 Å². The Labute approximate surface area is 153 Å². The van der Waals surface area contributed by atoms with Gasteiger partial charge in [-0.25, -0.2) is 13.4 Å². The fourth-order valence-corrected chi connectivity index (χ4v) is 3.54. The lowest BCUT2D eigenvalue weighted by Gasteiger charge is -2.08. The molecule has 0 amide bonds. The van der Waals surface area contributed by atoms with Crippen molar-refractivity contribution in [2.75, 3.05) is 31.8 Å². The summed E-state index contributed by atoms with van der Waals surface area (Å²) >= 11 is 0. The van der Waals surface area contributed by atoms with E-state index in [0.717, 1.165) is 18.6 Å². The van der Waals surface area contributed by atoms with Crippen LogP contribution in [0.5, 0.6) is 5.75 Å². The second-order valence-electron chi connectivity index (χ2n) is 5.61. The maximum Gasteiger partial charge on any atom is 0.320 e. The number of nitrogens with one attached hydrogen (secondary N) is 1. The highest BCUT2D eigenvalue weighted by atomic mass is 32.2. The van der Waals surface area contributed by atoms with Gasteiger partial charge in [0.25, 0.3) is 0 Å². The summed E-state index contributed by atoms with van der Waals surface area (Å²) in [6, 6.07) is 12.5. The van der Waals surface area contributed by atoms with E-state index in [1.54, 1.807) is 24.3 Å². The van der Waals surface area contributed by atoms with Gasteiger partial charge in [-0.1, -0.05) is 18.2 Å². The molecule has 2 rings (SSSR count). The number of nitrogens with zero attached hydrogens (tertiary/aromatic N) is 1. The lowest BCUT2D eigenvalue weighted by molar-refractivity contribution is -0.137. The van der Waals surface area contributed by atoms with E-state index < -0.39 is 21.6 Å². The molecule has 0 bridgehead atoms. The van der Waals surface area contributed by atoms with Crippen molar-refractivity contribution in [2.45, 2.75) is 12.2 Å². The van der Waals surface area contributed by atoms with Gasteiger partial charge in [0.2, 0.25) is 0 Å². The van der Waals surface area contributed by atoms with Gasteiger partial charge in [0, 0.05) is 19.2 Å². The Balaban J connectivity index is 1.86. The van der Waals surface area contributed by atoms with Gasteiger partial charge in [-0.3, -0.25) is 4.79 Å². The van der Waals surface area contributed by atoms with Crippen LogP contribution in [0.3, 0.4) is 0 Å². The average Bonchev–Trinajstić information content (AvgIpc) is 2.62. The van der Waals surface area contributed by atoms with E-state index in [9.17, 15) is 13.2 Å². The summed E-state index contributed by atoms with van der Waals surface area (Å²) < 4.78 is 33.8. The zero-order chi connectivity index (χ0) is 19.0. The lowest BCUT2D eigenvalue weighted by atomic mass is 10.2. The molecule has 0 radical (unpaired) electrons. The van der Waals surface area contributed by atoms with E-state index in [1.165, 1.54) is 0 Å². The number of carbonyl (C=O) groups excluding carboxylic acids is 1. The number of hydrogen-bond donors (Lipinski definition) is 1. The number of hydrogen-bond acceptors (Lipinski definition) is 7. The number of ether oxygens (including phenoxy) is 2. The van der Waals surface area contributed by atoms with Crippen LogP contribution in [-0.2, 0) is 31.5 Å². The summed E-state index contributed by atoms with van der Waals surface area (Å²) in [6.07, 6.45) is 0.658. The van der Waals surface area contributed by atoms with Crippen LogP contribution in [0.25, 0.3) is 0 Å². The Morgan fingerprint density at radius 1 is 1.15 bits per heavy atom. The number of esters is 1. The van der Waals surface area contributed by atoms with Gasteiger partial charge in [-0.05, 0) is 29.8 Å². The van der Waals surface area contributed by atoms with Gasteiger partial charge in [0.15, 0.2) is 9.84 Å². The molecule has 0 saturated carbocycles. The Morgan fingerprint density at radius 2 is 1.88 bits per heavy atom. The average molecular weight is 378 g/mol. The summed E-state index contributed by atoms with van der Waals surface area (Å²) in [4.78, 5) is 15.5. The number of sulfone groups is 1. The third-order valence-corrected chi connectivity index (χ3v) is 5.01. The molecule has 0 fully saturated rings. The molecular formula is C18H22N2O5S. The second kappa shape index (κ2) is 9.19. The van der Waals surface area contributed by atoms with Crippen LogP contribution in [-0.4, -0.2) is 45.9 Å². The van der Waals surface area contributed by atoms with Gasteiger partial charge in [-0.15, -0.1) is 0 Å². The highest BCUT2D eigenvalue weighted by molar-refractivity contribution is 7.91. The van der Waals surface area contributed by atoms with Crippen molar-refractivity contribution in [3.63, 3.8) is 0 Å². The monoisotopic (exact) mass is 378 g/mol. The second-order valence-corrected chi connectivity index (χ2v) is 7.68. The van der Waals surface area contributed by atoms with E-state index in [0.29, 0.717) is 24.3 Å². The number of benzene rings is 1. The number of pyridine rings is 1. The fraction of sp³-hybridized carbons (Fsp3) is 0.333. The minimum Gasteiger partial charge on any atom is -0.493 e. The Kier molecular flexibility index (Phi) is 6.97. The van der Waals surface area contributed by atoms with Gasteiger partial charge < -0.3 is 14.8 Å². The van der Waals surface area contributed by atoms with Gasteiger partial charge in [0.05, 0.1) is 19.5 Å². The van der Waals surface area contributed by atoms with Crippen molar-refractivity contribution >= 4 is 21.6 Å². The molecule has 8 heteroatoms. The molecule has 0 atom stereocenters. The Hall–Kier alpha value is -2.61. The van der Waals surface area contributed by atoms with Crippen LogP contribution < -0.4 is 10.1 Å². The van der Waals surface area contributed by atoms with E-state index in [2.05, 4.69) is 15.0 Å². The molecule has 2 aromatic rings. The van der Waals surface area contributed by atoms with Crippen LogP contribution in [0, 0.1) is 0 Å². The Bertz CT molecular complexity index is 835. The first-order chi connectivity index (χ1) is 12.4. The number of carbonyl (C=O) groups is 1. The molecule has 1 N–H and O–H groups in total. The molecular weight excluding hydrogens is 356 g/mol. The standard InChI is InChI=1S/C18H22N2O5S/c1-19-17-5-3-4-15(20-17)10-11-25-16-8-6-14(7-9-16)12-26(22,23)13-18(21)24-2/h3-9H,10-13H2,1-2H3,(H,19,20). The summed E-state index contributed by atoms with van der Waals surface area (Å²) in [7, 11) is -0.572. The van der Waals surface area contributed by atoms with Crippen LogP contribution in [0.4, 0.5) is 5.82 Å². The molecule has 1 aromatic heterocycles. The van der Waals surface area contributed by atoms with Crippen molar-refractivity contribution in [2.24, 2.45) is 0 Å². The highest BCUT2D eigenvalue weighted by Crippen LogP contribution is 2.15. The predicted octanol–water partition coefficient (Wildman–Crippen LogP) is 1.83. The van der Waals surface area contributed by atoms with Crippen LogP contribution in [0.1, 0.15) is 11.3 Å². The fourth-order valence-electron chi connectivity index (χ4n) is 2.26. The lowest BCUT2D eigenvalue weighted by Crippen LogP contribution is -2.18. The van der Waals surface area contributed by atoms with Gasteiger partial charge >= 0.3 is 5.97 Å². The molecule has 1 heterocycles. The minimum absolute atomic E-state index is 0.219. The number of aromatic nitrogens is 1. The van der Waals surface area contributed by atoms with Gasteiger partial charge in [-0.2, -0.15) is 0 Å². The molecule has 1 aromatic carbocycles. The van der Waals surface area contributed by atoms with E-state index in [1.807, 2.05) is 25.2 Å². The third kappa shape index (κ3) is 6.36. The summed E-state index contributed by atoms with van der Waals surface area (Å²) in [6.45, 7) is 0.458. The first kappa shape index (κ1) is 19.7. The van der Waals surface area contributed by atoms with E-state index >= 15 is 0 Å². The highest BCUT2D eigenvalue weighted by Gasteiger charge is 2.17. The summed E-state index contributed by atoms with van der Waals surface area (Å²) in [5.41, 5.74) is 1.51. The smallest absolute Gasteiger partial charge is 0.320 e. The van der Waals surface area contributed by atoms with Crippen LogP contribution >= 0.6 is 0 Å². The van der Waals surface area contributed by atoms with E-state index in [4.69, 9.17) is 4.74 Å². The zero-order valence-corrected chi connectivity index (χ0v) is 15.6. The first-order valence-electron chi connectivity index (χ1n) is 8.04. The number of anilines is 1. The zero-order valence-electron chi connectivity index (χ0n) is 14.8. The Morgan fingerprint density at radius 3 is 2.54 bits per heavy atom. The maximum absolute atomic E-state index is 11.9. The van der Waals surface area contributed by atoms with E-state index in [-0.39, 0.29) is 5.75 Å². The normalized spacial score (nSPS) is 11.0. The SMILES string of the molecule is CNc1cccc(CCOc2ccc(CS(=O)(=O)CC(=O)OC)cc2)n1. The molecule has 0 unspecified atom stereocenters. The van der Waals surface area contributed by atoms with Crippen molar-refractivity contribution in [1.82, 2.24) is 4.98 Å². The van der Waals surface area contributed by atoms with Crippen molar-refractivity contribution in [1.29, 1.82) is 0 Å². The predicted molar refractivity (Wildman–Crippen MR) is 98.9 cm³/mol.